The van der Waals surface area contributed by atoms with Gasteiger partial charge in [-0.1, -0.05) is 12.1 Å². The van der Waals surface area contributed by atoms with E-state index in [-0.39, 0.29) is 6.03 Å². The summed E-state index contributed by atoms with van der Waals surface area (Å²) in [5, 5.41) is 5.62. The SMILES string of the molecule is Cc1cccc(NC(=O)NCCCc2ncc[nH]2)c1. The van der Waals surface area contributed by atoms with E-state index in [1.54, 1.807) is 12.4 Å². The van der Waals surface area contributed by atoms with Crippen LogP contribution in [-0.4, -0.2) is 22.5 Å². The van der Waals surface area contributed by atoms with Crippen molar-refractivity contribution in [2.24, 2.45) is 0 Å². The van der Waals surface area contributed by atoms with Gasteiger partial charge in [-0.25, -0.2) is 9.78 Å². The molecule has 5 nitrogen and oxygen atoms in total. The molecule has 2 rings (SSSR count). The minimum atomic E-state index is -0.176. The van der Waals surface area contributed by atoms with Crippen molar-refractivity contribution in [3.8, 4) is 0 Å². The smallest absolute Gasteiger partial charge is 0.319 e. The molecule has 0 saturated carbocycles. The van der Waals surface area contributed by atoms with Crippen LogP contribution in [0.1, 0.15) is 17.8 Å². The van der Waals surface area contributed by atoms with Crippen molar-refractivity contribution in [2.45, 2.75) is 19.8 Å². The molecule has 2 aromatic rings. The summed E-state index contributed by atoms with van der Waals surface area (Å²) in [5.74, 6) is 0.945. The fraction of sp³-hybridized carbons (Fsp3) is 0.286. The van der Waals surface area contributed by atoms with Gasteiger partial charge < -0.3 is 15.6 Å². The van der Waals surface area contributed by atoms with Gasteiger partial charge in [0.1, 0.15) is 5.82 Å². The first-order valence-electron chi connectivity index (χ1n) is 6.34. The third kappa shape index (κ3) is 4.46. The van der Waals surface area contributed by atoms with E-state index in [0.29, 0.717) is 6.54 Å². The Hall–Kier alpha value is -2.30. The molecule has 0 radical (unpaired) electrons. The highest BCUT2D eigenvalue weighted by Gasteiger charge is 2.01. The van der Waals surface area contributed by atoms with Crippen LogP contribution in [0.4, 0.5) is 10.5 Å². The van der Waals surface area contributed by atoms with E-state index in [0.717, 1.165) is 29.9 Å². The van der Waals surface area contributed by atoms with Crippen molar-refractivity contribution in [3.05, 3.63) is 48.0 Å². The number of aromatic nitrogens is 2. The van der Waals surface area contributed by atoms with Gasteiger partial charge in [-0.2, -0.15) is 0 Å². The molecule has 0 bridgehead atoms. The van der Waals surface area contributed by atoms with E-state index in [4.69, 9.17) is 0 Å². The summed E-state index contributed by atoms with van der Waals surface area (Å²) in [4.78, 5) is 18.8. The number of carbonyl (C=O) groups excluding carboxylic acids is 1. The average Bonchev–Trinajstić information content (AvgIpc) is 2.88. The number of H-pyrrole nitrogens is 1. The molecule has 0 spiro atoms. The summed E-state index contributed by atoms with van der Waals surface area (Å²) in [6.45, 7) is 2.62. The molecule has 0 aliphatic rings. The van der Waals surface area contributed by atoms with Crippen molar-refractivity contribution in [1.82, 2.24) is 15.3 Å². The van der Waals surface area contributed by atoms with Gasteiger partial charge in [0.2, 0.25) is 0 Å². The number of aromatic amines is 1. The number of rotatable bonds is 5. The minimum Gasteiger partial charge on any atom is -0.349 e. The number of carbonyl (C=O) groups is 1. The topological polar surface area (TPSA) is 69.8 Å². The molecule has 0 atom stereocenters. The summed E-state index contributed by atoms with van der Waals surface area (Å²) in [6, 6.07) is 7.54. The number of imidazole rings is 1. The van der Waals surface area contributed by atoms with Crippen LogP contribution in [-0.2, 0) is 6.42 Å². The first kappa shape index (κ1) is 13.1. The number of aryl methyl sites for hydroxylation is 2. The van der Waals surface area contributed by atoms with Gasteiger partial charge >= 0.3 is 6.03 Å². The quantitative estimate of drug-likeness (QED) is 0.721. The summed E-state index contributed by atoms with van der Waals surface area (Å²) >= 11 is 0. The first-order chi connectivity index (χ1) is 9.24. The molecule has 1 aromatic heterocycles. The molecule has 5 heteroatoms. The number of anilines is 1. The maximum atomic E-state index is 11.6. The van der Waals surface area contributed by atoms with Crippen molar-refractivity contribution < 1.29 is 4.79 Å². The Morgan fingerprint density at radius 3 is 3.05 bits per heavy atom. The minimum absolute atomic E-state index is 0.176. The molecular formula is C14H18N4O. The molecule has 0 fully saturated rings. The van der Waals surface area contributed by atoms with Crippen LogP contribution in [0.15, 0.2) is 36.7 Å². The van der Waals surface area contributed by atoms with Gasteiger partial charge in [-0.15, -0.1) is 0 Å². The van der Waals surface area contributed by atoms with Gasteiger partial charge in [0.05, 0.1) is 0 Å². The summed E-state index contributed by atoms with van der Waals surface area (Å²) in [5.41, 5.74) is 1.93. The molecular weight excluding hydrogens is 240 g/mol. The zero-order valence-electron chi connectivity index (χ0n) is 10.9. The third-order valence-electron chi connectivity index (χ3n) is 2.71. The second-order valence-electron chi connectivity index (χ2n) is 4.39. The zero-order chi connectivity index (χ0) is 13.5. The van der Waals surface area contributed by atoms with E-state index >= 15 is 0 Å². The molecule has 0 aliphatic carbocycles. The second kappa shape index (κ2) is 6.58. The van der Waals surface area contributed by atoms with E-state index in [1.165, 1.54) is 0 Å². The lowest BCUT2D eigenvalue weighted by atomic mass is 10.2. The largest absolute Gasteiger partial charge is 0.349 e. The fourth-order valence-electron chi connectivity index (χ4n) is 1.79. The number of amides is 2. The molecule has 1 heterocycles. The molecule has 1 aromatic carbocycles. The van der Waals surface area contributed by atoms with Gasteiger partial charge in [0.25, 0.3) is 0 Å². The summed E-state index contributed by atoms with van der Waals surface area (Å²) in [6.07, 6.45) is 5.22. The Balaban J connectivity index is 1.67. The molecule has 19 heavy (non-hydrogen) atoms. The lowest BCUT2D eigenvalue weighted by Crippen LogP contribution is -2.29. The molecule has 0 aliphatic heterocycles. The average molecular weight is 258 g/mol. The van der Waals surface area contributed by atoms with Gasteiger partial charge in [-0.3, -0.25) is 0 Å². The van der Waals surface area contributed by atoms with Crippen molar-refractivity contribution in [3.63, 3.8) is 0 Å². The molecule has 100 valence electrons. The van der Waals surface area contributed by atoms with Crippen molar-refractivity contribution in [2.75, 3.05) is 11.9 Å². The summed E-state index contributed by atoms with van der Waals surface area (Å²) < 4.78 is 0. The molecule has 0 saturated heterocycles. The van der Waals surface area contributed by atoms with Crippen LogP contribution in [0.25, 0.3) is 0 Å². The third-order valence-corrected chi connectivity index (χ3v) is 2.71. The lowest BCUT2D eigenvalue weighted by molar-refractivity contribution is 0.252. The highest BCUT2D eigenvalue weighted by atomic mass is 16.2. The monoisotopic (exact) mass is 258 g/mol. The van der Waals surface area contributed by atoms with Crippen LogP contribution in [0.2, 0.25) is 0 Å². The second-order valence-corrected chi connectivity index (χ2v) is 4.39. The molecule has 3 N–H and O–H groups in total. The van der Waals surface area contributed by atoms with Gasteiger partial charge in [0, 0.05) is 31.0 Å². The normalized spacial score (nSPS) is 10.2. The van der Waals surface area contributed by atoms with E-state index in [2.05, 4.69) is 20.6 Å². The van der Waals surface area contributed by atoms with Crippen LogP contribution < -0.4 is 10.6 Å². The number of urea groups is 1. The number of benzene rings is 1. The van der Waals surface area contributed by atoms with Crippen LogP contribution >= 0.6 is 0 Å². The van der Waals surface area contributed by atoms with Crippen LogP contribution in [0.5, 0.6) is 0 Å². The van der Waals surface area contributed by atoms with Gasteiger partial charge in [-0.05, 0) is 31.0 Å². The van der Waals surface area contributed by atoms with E-state index < -0.39 is 0 Å². The molecule has 2 amide bonds. The lowest BCUT2D eigenvalue weighted by Gasteiger charge is -2.07. The predicted molar refractivity (Wildman–Crippen MR) is 75.1 cm³/mol. The van der Waals surface area contributed by atoms with Gasteiger partial charge in [0.15, 0.2) is 0 Å². The van der Waals surface area contributed by atoms with Crippen molar-refractivity contribution in [1.29, 1.82) is 0 Å². The zero-order valence-corrected chi connectivity index (χ0v) is 10.9. The molecule has 0 unspecified atom stereocenters. The Labute approximate surface area is 112 Å². The number of hydrogen-bond donors (Lipinski definition) is 3. The predicted octanol–water partition coefficient (Wildman–Crippen LogP) is 2.47. The Kier molecular flexibility index (Phi) is 4.55. The van der Waals surface area contributed by atoms with Crippen LogP contribution in [0, 0.1) is 6.92 Å². The maximum absolute atomic E-state index is 11.6. The maximum Gasteiger partial charge on any atom is 0.319 e. The fourth-order valence-corrected chi connectivity index (χ4v) is 1.79. The number of hydrogen-bond acceptors (Lipinski definition) is 2. The number of nitrogens with zero attached hydrogens (tertiary/aromatic N) is 1. The number of nitrogens with one attached hydrogen (secondary N) is 3. The Morgan fingerprint density at radius 2 is 2.32 bits per heavy atom. The Bertz CT molecular complexity index is 522. The Morgan fingerprint density at radius 1 is 1.42 bits per heavy atom. The van der Waals surface area contributed by atoms with E-state index in [9.17, 15) is 4.79 Å². The van der Waals surface area contributed by atoms with Crippen LogP contribution in [0.3, 0.4) is 0 Å². The summed E-state index contributed by atoms with van der Waals surface area (Å²) in [7, 11) is 0. The highest BCUT2D eigenvalue weighted by Crippen LogP contribution is 2.08. The van der Waals surface area contributed by atoms with E-state index in [1.807, 2.05) is 31.2 Å². The first-order valence-corrected chi connectivity index (χ1v) is 6.34. The standard InChI is InChI=1S/C14H18N4O/c1-11-4-2-5-12(10-11)18-14(19)17-7-3-6-13-15-8-9-16-13/h2,4-5,8-10H,3,6-7H2,1H3,(H,15,16)(H2,17,18,19). The highest BCUT2D eigenvalue weighted by molar-refractivity contribution is 5.89. The van der Waals surface area contributed by atoms with Crippen molar-refractivity contribution >= 4 is 11.7 Å².